The molecule has 0 radical (unpaired) electrons. The number of nitrogens with one attached hydrogen (secondary N) is 2. The zero-order valence-corrected chi connectivity index (χ0v) is 23.2. The maximum absolute atomic E-state index is 13.3. The minimum atomic E-state index is -4.35. The summed E-state index contributed by atoms with van der Waals surface area (Å²) in [5, 5.41) is 6.25. The van der Waals surface area contributed by atoms with Gasteiger partial charge in [0.15, 0.2) is 0 Å². The Labute approximate surface area is 225 Å². The number of carbonyl (C=O) groups excluding carboxylic acids is 1. The number of aliphatic imine (C=N–C) groups is 1. The predicted octanol–water partition coefficient (Wildman–Crippen LogP) is 4.68. The minimum Gasteiger partial charge on any atom is -0.360 e. The Morgan fingerprint density at radius 1 is 1.22 bits per heavy atom. The maximum Gasteiger partial charge on any atom is 0.390 e. The molecule has 1 heterocycles. The molecule has 2 bridgehead atoms. The van der Waals surface area contributed by atoms with E-state index in [0.29, 0.717) is 41.6 Å². The summed E-state index contributed by atoms with van der Waals surface area (Å²) in [5.74, 6) is 0.106. The van der Waals surface area contributed by atoms with Gasteiger partial charge in [-0.1, -0.05) is 36.2 Å². The fourth-order valence-electron chi connectivity index (χ4n) is 5.77. The molecule has 13 heteroatoms. The van der Waals surface area contributed by atoms with E-state index in [2.05, 4.69) is 10.6 Å². The molecule has 3 aliphatic carbocycles. The highest BCUT2D eigenvalue weighted by atomic mass is 35.5. The Morgan fingerprint density at radius 3 is 2.43 bits per heavy atom. The molecule has 3 saturated carbocycles. The number of rotatable bonds is 10. The van der Waals surface area contributed by atoms with Crippen molar-refractivity contribution in [2.24, 2.45) is 10.4 Å². The van der Waals surface area contributed by atoms with Crippen molar-refractivity contribution in [3.63, 3.8) is 0 Å². The predicted molar refractivity (Wildman–Crippen MR) is 137 cm³/mol. The van der Waals surface area contributed by atoms with Crippen LogP contribution in [0.4, 0.5) is 13.2 Å². The summed E-state index contributed by atoms with van der Waals surface area (Å²) in [6.07, 6.45) is -3.32. The molecule has 5 rings (SSSR count). The summed E-state index contributed by atoms with van der Waals surface area (Å²) in [4.78, 5) is 17.4. The first kappa shape index (κ1) is 28.4. The second-order valence-corrected chi connectivity index (χ2v) is 13.8. The lowest BCUT2D eigenvalue weighted by Gasteiger charge is -2.73. The van der Waals surface area contributed by atoms with Gasteiger partial charge >= 0.3 is 6.18 Å². The van der Waals surface area contributed by atoms with Crippen molar-refractivity contribution in [2.75, 3.05) is 12.3 Å². The quantitative estimate of drug-likeness (QED) is 0.419. The summed E-state index contributed by atoms with van der Waals surface area (Å²) < 4.78 is 65.6. The number of nitrogens with zero attached hydrogens (tertiary/aromatic N) is 2. The molecule has 1 aromatic carbocycles. The molecule has 1 amide bonds. The molecule has 37 heavy (non-hydrogen) atoms. The van der Waals surface area contributed by atoms with Crippen molar-refractivity contribution in [3.8, 4) is 0 Å². The van der Waals surface area contributed by atoms with Gasteiger partial charge in [0.05, 0.1) is 27.8 Å². The summed E-state index contributed by atoms with van der Waals surface area (Å²) >= 11 is 12.2. The van der Waals surface area contributed by atoms with Gasteiger partial charge in [-0.25, -0.2) is 8.42 Å². The van der Waals surface area contributed by atoms with Crippen LogP contribution in [0.25, 0.3) is 0 Å². The third-order valence-corrected chi connectivity index (χ3v) is 10.4. The normalized spacial score (nSPS) is 28.2. The van der Waals surface area contributed by atoms with E-state index in [9.17, 15) is 26.4 Å². The average Bonchev–Trinajstić information content (AvgIpc) is 3.02. The van der Waals surface area contributed by atoms with Gasteiger partial charge in [-0.3, -0.25) is 9.79 Å². The van der Waals surface area contributed by atoms with Gasteiger partial charge in [-0.15, -0.1) is 0 Å². The molecule has 0 spiro atoms. The van der Waals surface area contributed by atoms with Gasteiger partial charge in [-0.05, 0) is 57.2 Å². The molecule has 3 fully saturated rings. The lowest BCUT2D eigenvalue weighted by molar-refractivity contribution is -0.151. The zero-order valence-electron chi connectivity index (χ0n) is 20.9. The van der Waals surface area contributed by atoms with E-state index in [1.165, 1.54) is 0 Å². The van der Waals surface area contributed by atoms with Crippen molar-refractivity contribution in [3.05, 3.63) is 33.8 Å². The standard InChI is InChI=1S/C24H31Cl2F3N4O3S/c1-4-9-37(35,36)33(11-15-5-6-16(25)17(26)10-15)23-12-22(13-23,14-23)20-31-18(21(2,3)32-20)19(34)30-8-7-24(27,28)29/h5-6,10,18H,4,7-9,11-14H2,1-3H3,(H,30,34)(H,31,32)/t18-,22?,23?/m0/s1. The number of carbonyl (C=O) groups is 1. The van der Waals surface area contributed by atoms with Crippen LogP contribution in [0.2, 0.25) is 10.0 Å². The van der Waals surface area contributed by atoms with E-state index >= 15 is 0 Å². The lowest BCUT2D eigenvalue weighted by Crippen LogP contribution is -2.78. The highest BCUT2D eigenvalue weighted by Crippen LogP contribution is 2.71. The van der Waals surface area contributed by atoms with Crippen LogP contribution in [0.5, 0.6) is 0 Å². The van der Waals surface area contributed by atoms with Gasteiger partial charge in [-0.2, -0.15) is 17.5 Å². The van der Waals surface area contributed by atoms with Crippen molar-refractivity contribution < 1.29 is 26.4 Å². The average molecular weight is 584 g/mol. The van der Waals surface area contributed by atoms with Crippen LogP contribution < -0.4 is 10.6 Å². The van der Waals surface area contributed by atoms with Gasteiger partial charge in [0, 0.05) is 24.0 Å². The van der Waals surface area contributed by atoms with Gasteiger partial charge in [0.2, 0.25) is 15.9 Å². The number of amides is 1. The second-order valence-electron chi connectivity index (χ2n) is 11.0. The summed E-state index contributed by atoms with van der Waals surface area (Å²) in [6.45, 7) is 5.00. The fraction of sp³-hybridized carbons (Fsp3) is 0.667. The Kier molecular flexibility index (Phi) is 7.36. The molecule has 4 aliphatic rings. The Bertz CT molecular complexity index is 1200. The number of alkyl halides is 3. The Balaban J connectivity index is 1.46. The molecular formula is C24H31Cl2F3N4O3S. The third kappa shape index (κ3) is 5.46. The second kappa shape index (κ2) is 9.57. The smallest absolute Gasteiger partial charge is 0.360 e. The maximum atomic E-state index is 13.3. The largest absolute Gasteiger partial charge is 0.390 e. The summed E-state index contributed by atoms with van der Waals surface area (Å²) in [7, 11) is -3.55. The summed E-state index contributed by atoms with van der Waals surface area (Å²) in [6, 6.07) is 4.27. The first-order valence-corrected chi connectivity index (χ1v) is 14.5. The number of benzene rings is 1. The first-order chi connectivity index (χ1) is 17.0. The number of hydrogen-bond acceptors (Lipinski definition) is 5. The molecule has 0 saturated heterocycles. The molecular weight excluding hydrogens is 552 g/mol. The molecule has 1 aliphatic heterocycles. The molecule has 7 nitrogen and oxygen atoms in total. The van der Waals surface area contributed by atoms with E-state index < -0.39 is 52.2 Å². The van der Waals surface area contributed by atoms with Crippen LogP contribution in [0, 0.1) is 5.41 Å². The van der Waals surface area contributed by atoms with Gasteiger partial charge in [0.25, 0.3) is 0 Å². The highest BCUT2D eigenvalue weighted by molar-refractivity contribution is 7.89. The topological polar surface area (TPSA) is 90.9 Å². The highest BCUT2D eigenvalue weighted by Gasteiger charge is 2.75. The van der Waals surface area contributed by atoms with Crippen LogP contribution >= 0.6 is 23.2 Å². The van der Waals surface area contributed by atoms with Gasteiger partial charge in [0.1, 0.15) is 11.9 Å². The molecule has 0 aromatic heterocycles. The van der Waals surface area contributed by atoms with Crippen molar-refractivity contribution in [1.82, 2.24) is 14.9 Å². The van der Waals surface area contributed by atoms with Crippen LogP contribution in [0.15, 0.2) is 23.2 Å². The number of sulfonamides is 1. The zero-order chi connectivity index (χ0) is 27.4. The van der Waals surface area contributed by atoms with Crippen molar-refractivity contribution in [1.29, 1.82) is 0 Å². The Morgan fingerprint density at radius 2 is 1.86 bits per heavy atom. The monoisotopic (exact) mass is 582 g/mol. The molecule has 1 atom stereocenters. The van der Waals surface area contributed by atoms with E-state index in [1.54, 1.807) is 36.4 Å². The first-order valence-electron chi connectivity index (χ1n) is 12.2. The van der Waals surface area contributed by atoms with Crippen molar-refractivity contribution >= 4 is 45.0 Å². The SMILES string of the molecule is CCCS(=O)(=O)N(Cc1ccc(Cl)c(Cl)c1)C12CC(C3=NC(C)(C)[C@H](C(=O)NCCC(F)(F)F)N3)(C1)C2. The lowest BCUT2D eigenvalue weighted by atomic mass is 9.38. The van der Waals surface area contributed by atoms with E-state index in [-0.39, 0.29) is 17.7 Å². The van der Waals surface area contributed by atoms with Crippen LogP contribution in [-0.2, 0) is 21.4 Å². The Hall–Kier alpha value is -1.56. The van der Waals surface area contributed by atoms with Crippen LogP contribution in [-0.4, -0.2) is 60.1 Å². The molecule has 0 unspecified atom stereocenters. The van der Waals surface area contributed by atoms with Crippen LogP contribution in [0.3, 0.4) is 0 Å². The van der Waals surface area contributed by atoms with Crippen LogP contribution in [0.1, 0.15) is 58.4 Å². The minimum absolute atomic E-state index is 0.0233. The van der Waals surface area contributed by atoms with Crippen molar-refractivity contribution in [2.45, 2.75) is 82.7 Å². The fourth-order valence-corrected chi connectivity index (χ4v) is 7.96. The van der Waals surface area contributed by atoms with E-state index in [4.69, 9.17) is 28.2 Å². The number of halogens is 5. The number of amidine groups is 1. The third-order valence-electron chi connectivity index (χ3n) is 7.50. The molecule has 206 valence electrons. The summed E-state index contributed by atoms with van der Waals surface area (Å²) in [5.41, 5.74) is -1.05. The molecule has 2 N–H and O–H groups in total. The van der Waals surface area contributed by atoms with E-state index in [0.717, 1.165) is 5.56 Å². The van der Waals surface area contributed by atoms with Gasteiger partial charge < -0.3 is 10.6 Å². The molecule has 1 aromatic rings. The van der Waals surface area contributed by atoms with E-state index in [1.807, 2.05) is 6.92 Å². The number of hydrogen-bond donors (Lipinski definition) is 2.